The second-order valence-corrected chi connectivity index (χ2v) is 8.90. The zero-order valence-corrected chi connectivity index (χ0v) is 17.7. The number of Topliss-reactive ketones (excluding diaryl/α,β-unsaturated/α-hetero) is 2. The van der Waals surface area contributed by atoms with E-state index in [9.17, 15) is 19.5 Å². The number of aliphatic hydroxyl groups excluding tert-OH is 1. The molecule has 0 aromatic carbocycles. The largest absolute Gasteiger partial charge is 0.507 e. The highest BCUT2D eigenvalue weighted by atomic mass is 16.8. The van der Waals surface area contributed by atoms with Crippen molar-refractivity contribution in [2.75, 3.05) is 6.54 Å². The molecule has 162 valence electrons. The van der Waals surface area contributed by atoms with Crippen molar-refractivity contribution in [3.8, 4) is 0 Å². The molecule has 4 heterocycles. The normalized spacial score (nSPS) is 43.5. The molecule has 8 heteroatoms. The smallest absolute Gasteiger partial charge is 0.259 e. The zero-order valence-electron chi connectivity index (χ0n) is 17.7. The van der Waals surface area contributed by atoms with E-state index in [-0.39, 0.29) is 41.6 Å². The quantitative estimate of drug-likeness (QED) is 0.234. The van der Waals surface area contributed by atoms with Crippen molar-refractivity contribution < 1.29 is 33.7 Å². The van der Waals surface area contributed by atoms with Crippen LogP contribution in [0.2, 0.25) is 0 Å². The fourth-order valence-electron chi connectivity index (χ4n) is 4.67. The maximum Gasteiger partial charge on any atom is 0.259 e. The molecule has 0 aromatic rings. The van der Waals surface area contributed by atoms with Gasteiger partial charge in [-0.1, -0.05) is 31.6 Å². The lowest BCUT2D eigenvalue weighted by molar-refractivity contribution is -0.350. The Balaban J connectivity index is 1.51. The van der Waals surface area contributed by atoms with Crippen LogP contribution in [0.5, 0.6) is 0 Å². The van der Waals surface area contributed by atoms with Gasteiger partial charge < -0.3 is 24.6 Å². The van der Waals surface area contributed by atoms with E-state index >= 15 is 0 Å². The number of rotatable bonds is 4. The van der Waals surface area contributed by atoms with Crippen molar-refractivity contribution in [1.82, 2.24) is 5.32 Å². The summed E-state index contributed by atoms with van der Waals surface area (Å²) in [4.78, 5) is 36.0. The predicted octanol–water partition coefficient (Wildman–Crippen LogP) is 1.51. The Kier molecular flexibility index (Phi) is 4.80. The summed E-state index contributed by atoms with van der Waals surface area (Å²) in [5, 5.41) is 12.5. The molecule has 30 heavy (non-hydrogen) atoms. The fraction of sp³-hybridized carbons (Fsp3) is 0.591. The van der Waals surface area contributed by atoms with Crippen molar-refractivity contribution in [3.63, 3.8) is 0 Å². The number of carbonyl (C=O) groups is 3. The first kappa shape index (κ1) is 21.0. The lowest BCUT2D eigenvalue weighted by Gasteiger charge is -2.51. The number of fused-ring (bicyclic) bond motifs is 4. The van der Waals surface area contributed by atoms with Crippen LogP contribution in [0.3, 0.4) is 0 Å². The van der Waals surface area contributed by atoms with E-state index in [0.29, 0.717) is 0 Å². The highest BCUT2D eigenvalue weighted by molar-refractivity contribution is 6.25. The number of hydrogen-bond acceptors (Lipinski definition) is 7. The van der Waals surface area contributed by atoms with Crippen LogP contribution >= 0.6 is 0 Å². The van der Waals surface area contributed by atoms with E-state index < -0.39 is 35.3 Å². The number of nitrogens with one attached hydrogen (secondary N) is 1. The van der Waals surface area contributed by atoms with Crippen molar-refractivity contribution >= 4 is 17.5 Å². The van der Waals surface area contributed by atoms with Crippen molar-refractivity contribution in [2.45, 2.75) is 64.3 Å². The number of epoxide rings is 1. The van der Waals surface area contributed by atoms with Gasteiger partial charge in [0.1, 0.15) is 17.4 Å². The zero-order chi connectivity index (χ0) is 22.0. The molecular formula is C22H27NO7. The Morgan fingerprint density at radius 2 is 1.90 bits per heavy atom. The van der Waals surface area contributed by atoms with Gasteiger partial charge in [-0.2, -0.15) is 0 Å². The van der Waals surface area contributed by atoms with Gasteiger partial charge in [-0.15, -0.1) is 0 Å². The molecule has 0 spiro atoms. The summed E-state index contributed by atoms with van der Waals surface area (Å²) in [6, 6.07) is 0. The van der Waals surface area contributed by atoms with Crippen LogP contribution in [0.4, 0.5) is 0 Å². The second kappa shape index (κ2) is 6.87. The Morgan fingerprint density at radius 1 is 1.20 bits per heavy atom. The van der Waals surface area contributed by atoms with Gasteiger partial charge in [-0.05, 0) is 26.8 Å². The first-order valence-corrected chi connectivity index (χ1v) is 10.2. The Morgan fingerprint density at radius 3 is 2.53 bits per heavy atom. The first-order valence-electron chi connectivity index (χ1n) is 10.2. The van der Waals surface area contributed by atoms with Gasteiger partial charge in [0.05, 0.1) is 12.6 Å². The van der Waals surface area contributed by atoms with E-state index in [1.807, 2.05) is 40.7 Å². The molecule has 0 radical (unpaired) electrons. The Bertz CT molecular complexity index is 900. The summed E-state index contributed by atoms with van der Waals surface area (Å²) >= 11 is 0. The van der Waals surface area contributed by atoms with Gasteiger partial charge >= 0.3 is 0 Å². The molecule has 2 bridgehead atoms. The molecule has 4 fully saturated rings. The standard InChI is InChI=1S/C22H27NO7/c1-10(6-7-13(24)15-14(25)9-23-20(15)27)8-11(2)17-12(3)18-16(26)19-21(4,30-19)22(5,28-17)29-18/h6-8,11-12,17-19,24H,9H2,1-5H3,(H,23,27)/b7-6-,10-8+,15-13+/t11-,12-,17+,18+,19+,21+,22+/m0/s1. The molecule has 0 unspecified atom stereocenters. The van der Waals surface area contributed by atoms with Crippen LogP contribution in [0.1, 0.15) is 34.6 Å². The number of ketones is 2. The van der Waals surface area contributed by atoms with Gasteiger partial charge in [0.2, 0.25) is 0 Å². The molecule has 0 saturated carbocycles. The lowest BCUT2D eigenvalue weighted by atomic mass is 9.78. The van der Waals surface area contributed by atoms with Crippen LogP contribution in [-0.2, 0) is 28.6 Å². The molecule has 4 rings (SSSR count). The van der Waals surface area contributed by atoms with E-state index in [2.05, 4.69) is 5.32 Å². The van der Waals surface area contributed by atoms with Gasteiger partial charge in [0.25, 0.3) is 5.91 Å². The summed E-state index contributed by atoms with van der Waals surface area (Å²) in [6.07, 6.45) is 3.64. The van der Waals surface area contributed by atoms with Gasteiger partial charge in [0, 0.05) is 11.8 Å². The first-order chi connectivity index (χ1) is 14.0. The minimum absolute atomic E-state index is 0.0281. The third kappa shape index (κ3) is 3.05. The fourth-order valence-corrected chi connectivity index (χ4v) is 4.67. The average molecular weight is 417 g/mol. The van der Waals surface area contributed by atoms with Gasteiger partial charge in [0.15, 0.2) is 29.1 Å². The Hall–Kier alpha value is -2.29. The van der Waals surface area contributed by atoms with Crippen molar-refractivity contribution in [3.05, 3.63) is 35.1 Å². The maximum atomic E-state index is 12.7. The minimum atomic E-state index is -0.988. The number of carbonyl (C=O) groups excluding carboxylic acids is 3. The van der Waals surface area contributed by atoms with E-state index in [1.54, 1.807) is 6.08 Å². The van der Waals surface area contributed by atoms with E-state index in [0.717, 1.165) is 5.57 Å². The summed E-state index contributed by atoms with van der Waals surface area (Å²) in [7, 11) is 0. The number of amides is 1. The molecule has 0 aliphatic carbocycles. The average Bonchev–Trinajstić information content (AvgIpc) is 3.29. The summed E-state index contributed by atoms with van der Waals surface area (Å²) in [5.74, 6) is -2.59. The van der Waals surface area contributed by atoms with Crippen LogP contribution in [0.15, 0.2) is 35.1 Å². The third-order valence-corrected chi connectivity index (χ3v) is 6.67. The van der Waals surface area contributed by atoms with Gasteiger partial charge in [-0.25, -0.2) is 0 Å². The van der Waals surface area contributed by atoms with Crippen molar-refractivity contribution in [2.24, 2.45) is 11.8 Å². The topological polar surface area (TPSA) is 114 Å². The molecule has 0 aromatic heterocycles. The minimum Gasteiger partial charge on any atom is -0.507 e. The second-order valence-electron chi connectivity index (χ2n) is 8.90. The number of hydrogen-bond donors (Lipinski definition) is 2. The molecule has 8 nitrogen and oxygen atoms in total. The van der Waals surface area contributed by atoms with E-state index in [1.165, 1.54) is 6.08 Å². The van der Waals surface area contributed by atoms with Gasteiger partial charge in [-0.3, -0.25) is 14.4 Å². The predicted molar refractivity (Wildman–Crippen MR) is 105 cm³/mol. The highest BCUT2D eigenvalue weighted by Crippen LogP contribution is 2.57. The molecule has 7 atom stereocenters. The molecule has 1 amide bonds. The van der Waals surface area contributed by atoms with Crippen LogP contribution in [0.25, 0.3) is 0 Å². The summed E-state index contributed by atoms with van der Waals surface area (Å²) in [5.41, 5.74) is -0.167. The molecular weight excluding hydrogens is 390 g/mol. The molecule has 4 aliphatic rings. The van der Waals surface area contributed by atoms with Crippen LogP contribution in [0, 0.1) is 11.8 Å². The number of allylic oxidation sites excluding steroid dienone is 3. The summed E-state index contributed by atoms with van der Waals surface area (Å²) in [6.45, 7) is 9.34. The van der Waals surface area contributed by atoms with Crippen LogP contribution < -0.4 is 5.32 Å². The summed E-state index contributed by atoms with van der Waals surface area (Å²) < 4.78 is 18.0. The van der Waals surface area contributed by atoms with Crippen molar-refractivity contribution in [1.29, 1.82) is 0 Å². The van der Waals surface area contributed by atoms with E-state index in [4.69, 9.17) is 14.2 Å². The lowest BCUT2D eigenvalue weighted by Crippen LogP contribution is -2.66. The SMILES string of the molecule is CC(/C=C\C(O)=C1\C(=O)CNC1=O)=C\[C@H](C)[C@H]1O[C@]2(C)O[C@@H](C(=O)[C@H]3O[C@]32C)[C@H]1C. The van der Waals surface area contributed by atoms with Crippen LogP contribution in [-0.4, -0.2) is 58.8 Å². The number of ether oxygens (including phenoxy) is 3. The molecule has 4 aliphatic heterocycles. The molecule has 4 saturated heterocycles. The number of aliphatic hydroxyl groups is 1. The molecule has 2 N–H and O–H groups in total. The highest BCUT2D eigenvalue weighted by Gasteiger charge is 2.76. The maximum absolute atomic E-state index is 12.7. The third-order valence-electron chi connectivity index (χ3n) is 6.67. The monoisotopic (exact) mass is 417 g/mol. The Labute approximate surface area is 174 Å².